The highest BCUT2D eigenvalue weighted by atomic mass is 19.1. The number of fused-ring (bicyclic) bond motifs is 4. The van der Waals surface area contributed by atoms with E-state index in [0.29, 0.717) is 17.5 Å². The topological polar surface area (TPSA) is 35.1 Å². The molecule has 5 heterocycles. The molecule has 0 radical (unpaired) electrons. The maximum Gasteiger partial charge on any atom is 0.132 e. The fraction of sp³-hybridized carbons (Fsp3) is 0.433. The van der Waals surface area contributed by atoms with Gasteiger partial charge in [0.15, 0.2) is 0 Å². The average Bonchev–Trinajstić information content (AvgIpc) is 2.93. The van der Waals surface area contributed by atoms with Gasteiger partial charge in [0.05, 0.1) is 29.7 Å². The summed E-state index contributed by atoms with van der Waals surface area (Å²) in [6.07, 6.45) is 9.88. The van der Waals surface area contributed by atoms with Crippen molar-refractivity contribution in [2.45, 2.75) is 31.3 Å². The Morgan fingerprint density at radius 2 is 1.70 bits per heavy atom. The Kier molecular flexibility index (Phi) is 5.69. The van der Waals surface area contributed by atoms with Crippen LogP contribution in [0.2, 0.25) is 0 Å². The van der Waals surface area contributed by atoms with Gasteiger partial charge in [-0.2, -0.15) is 0 Å². The number of methoxy groups -OCH3 is 1. The van der Waals surface area contributed by atoms with Gasteiger partial charge in [-0.05, 0) is 49.6 Å². The quantitative estimate of drug-likeness (QED) is 0.514. The molecule has 0 N–H and O–H groups in total. The Morgan fingerprint density at radius 1 is 0.892 bits per heavy atom. The molecule has 3 aromatic rings. The van der Waals surface area contributed by atoms with E-state index in [1.165, 1.54) is 23.4 Å². The maximum absolute atomic E-state index is 14.3. The Balaban J connectivity index is 1.03. The fourth-order valence-corrected chi connectivity index (χ4v) is 6.69. The maximum atomic E-state index is 14.3. The van der Waals surface area contributed by atoms with Crippen molar-refractivity contribution in [3.8, 4) is 5.75 Å². The molecule has 1 atom stereocenters. The summed E-state index contributed by atoms with van der Waals surface area (Å²) in [7, 11) is 1.76. The van der Waals surface area contributed by atoms with Crippen LogP contribution in [0.25, 0.3) is 17.0 Å². The normalized spacial score (nSPS) is 22.1. The van der Waals surface area contributed by atoms with Crippen molar-refractivity contribution in [2.75, 3.05) is 67.6 Å². The lowest BCUT2D eigenvalue weighted by Crippen LogP contribution is -2.54. The van der Waals surface area contributed by atoms with Crippen molar-refractivity contribution in [1.29, 1.82) is 0 Å². The average molecular weight is 500 g/mol. The minimum Gasteiger partial charge on any atom is -0.497 e. The second-order valence-electron chi connectivity index (χ2n) is 10.7. The molecule has 192 valence electrons. The lowest BCUT2D eigenvalue weighted by molar-refractivity contribution is 0.160. The number of halogens is 1. The highest BCUT2D eigenvalue weighted by Crippen LogP contribution is 2.45. The van der Waals surface area contributed by atoms with E-state index in [4.69, 9.17) is 4.74 Å². The Morgan fingerprint density at radius 3 is 2.46 bits per heavy atom. The smallest absolute Gasteiger partial charge is 0.132 e. The number of anilines is 3. The van der Waals surface area contributed by atoms with Crippen molar-refractivity contribution in [2.24, 2.45) is 0 Å². The molecule has 7 rings (SSSR count). The van der Waals surface area contributed by atoms with Crippen LogP contribution in [-0.2, 0) is 0 Å². The van der Waals surface area contributed by atoms with Crippen LogP contribution in [0.4, 0.5) is 21.5 Å². The van der Waals surface area contributed by atoms with Gasteiger partial charge in [0, 0.05) is 81.1 Å². The van der Waals surface area contributed by atoms with Gasteiger partial charge in [-0.1, -0.05) is 12.2 Å². The molecule has 0 amide bonds. The highest BCUT2D eigenvalue weighted by Gasteiger charge is 2.35. The molecule has 0 unspecified atom stereocenters. The Labute approximate surface area is 217 Å². The van der Waals surface area contributed by atoms with Gasteiger partial charge in [-0.25, -0.2) is 4.39 Å². The van der Waals surface area contributed by atoms with Gasteiger partial charge in [-0.3, -0.25) is 9.88 Å². The van der Waals surface area contributed by atoms with Gasteiger partial charge in [0.1, 0.15) is 11.6 Å². The van der Waals surface area contributed by atoms with Crippen LogP contribution in [0.1, 0.15) is 24.8 Å². The summed E-state index contributed by atoms with van der Waals surface area (Å²) < 4.78 is 20.0. The highest BCUT2D eigenvalue weighted by molar-refractivity contribution is 5.91. The zero-order valence-electron chi connectivity index (χ0n) is 21.4. The van der Waals surface area contributed by atoms with E-state index >= 15 is 0 Å². The second-order valence-corrected chi connectivity index (χ2v) is 10.7. The number of hydrogen-bond acceptors (Lipinski definition) is 6. The first-order chi connectivity index (χ1) is 18.2. The molecule has 37 heavy (non-hydrogen) atoms. The number of pyridine rings is 1. The fourth-order valence-electron chi connectivity index (χ4n) is 6.69. The number of piperazine rings is 1. The molecule has 0 bridgehead atoms. The van der Waals surface area contributed by atoms with Crippen LogP contribution >= 0.6 is 0 Å². The third-order valence-electron chi connectivity index (χ3n) is 8.85. The van der Waals surface area contributed by atoms with Gasteiger partial charge < -0.3 is 19.4 Å². The van der Waals surface area contributed by atoms with Crippen molar-refractivity contribution in [3.05, 3.63) is 60.1 Å². The largest absolute Gasteiger partial charge is 0.497 e. The van der Waals surface area contributed by atoms with Crippen LogP contribution in [0, 0.1) is 5.82 Å². The lowest BCUT2D eigenvalue weighted by Gasteiger charge is -2.48. The van der Waals surface area contributed by atoms with E-state index in [2.05, 4.69) is 48.9 Å². The number of aromatic nitrogens is 1. The Bertz CT molecular complexity index is 1340. The van der Waals surface area contributed by atoms with Crippen LogP contribution in [-0.4, -0.2) is 74.9 Å². The van der Waals surface area contributed by atoms with E-state index in [1.54, 1.807) is 25.4 Å². The molecule has 6 nitrogen and oxygen atoms in total. The summed E-state index contributed by atoms with van der Waals surface area (Å²) in [5, 5.41) is 0.609. The number of hydrogen-bond donors (Lipinski definition) is 0. The first-order valence-corrected chi connectivity index (χ1v) is 13.6. The molecule has 1 aromatic heterocycles. The van der Waals surface area contributed by atoms with Crippen molar-refractivity contribution in [3.63, 3.8) is 0 Å². The second kappa shape index (κ2) is 9.21. The van der Waals surface area contributed by atoms with Crippen molar-refractivity contribution < 1.29 is 9.13 Å². The van der Waals surface area contributed by atoms with Crippen LogP contribution < -0.4 is 19.4 Å². The van der Waals surface area contributed by atoms with Gasteiger partial charge in [0.2, 0.25) is 0 Å². The Hall–Kier alpha value is -3.32. The molecule has 2 aromatic carbocycles. The molecule has 7 heteroatoms. The third-order valence-corrected chi connectivity index (χ3v) is 8.85. The molecule has 3 saturated heterocycles. The SMILES string of the molecule is COc1cc2c(c(N3CCN(C4CCN(c5ccc(F)c6cccnc56)CC4)CC3)c1)N1CC[C@H]1C=C2. The minimum absolute atomic E-state index is 0.197. The molecule has 0 spiro atoms. The first-order valence-electron chi connectivity index (χ1n) is 13.6. The van der Waals surface area contributed by atoms with Gasteiger partial charge in [-0.15, -0.1) is 0 Å². The molecular weight excluding hydrogens is 465 g/mol. The standard InChI is InChI=1S/C30H34FN5O/c1-37-24-19-21-4-5-23-10-14-36(23)30(21)28(20-24)35-17-15-33(16-18-35)22-8-12-34(13-9-22)27-7-6-26(31)25-3-2-11-32-29(25)27/h2-7,11,19-20,22-23H,8-10,12-18H2,1H3/t23-/m1/s1. The van der Waals surface area contributed by atoms with Crippen LogP contribution in [0.3, 0.4) is 0 Å². The molecule has 4 aliphatic rings. The summed E-state index contributed by atoms with van der Waals surface area (Å²) in [4.78, 5) is 14.7. The van der Waals surface area contributed by atoms with E-state index in [-0.39, 0.29) is 5.82 Å². The summed E-state index contributed by atoms with van der Waals surface area (Å²) >= 11 is 0. The number of piperidine rings is 1. The lowest BCUT2D eigenvalue weighted by atomic mass is 9.92. The molecule has 0 aliphatic carbocycles. The van der Waals surface area contributed by atoms with E-state index in [9.17, 15) is 4.39 Å². The molecule has 0 saturated carbocycles. The predicted octanol–water partition coefficient (Wildman–Crippen LogP) is 4.78. The summed E-state index contributed by atoms with van der Waals surface area (Å²) in [6.45, 7) is 7.33. The number of benzene rings is 2. The number of nitrogens with zero attached hydrogens (tertiary/aromatic N) is 5. The summed E-state index contributed by atoms with van der Waals surface area (Å²) in [6, 6.07) is 12.7. The van der Waals surface area contributed by atoms with E-state index < -0.39 is 0 Å². The summed E-state index contributed by atoms with van der Waals surface area (Å²) in [5.74, 6) is 0.743. The van der Waals surface area contributed by atoms with Gasteiger partial charge in [0.25, 0.3) is 0 Å². The minimum atomic E-state index is -0.197. The zero-order chi connectivity index (χ0) is 24.9. The molecular formula is C30H34FN5O. The zero-order valence-corrected chi connectivity index (χ0v) is 21.4. The van der Waals surface area contributed by atoms with E-state index in [1.807, 2.05) is 12.1 Å². The van der Waals surface area contributed by atoms with Crippen molar-refractivity contribution >= 4 is 34.0 Å². The predicted molar refractivity (Wildman–Crippen MR) is 149 cm³/mol. The monoisotopic (exact) mass is 499 g/mol. The number of rotatable bonds is 4. The first kappa shape index (κ1) is 22.8. The van der Waals surface area contributed by atoms with Crippen LogP contribution in [0.5, 0.6) is 5.75 Å². The van der Waals surface area contributed by atoms with Crippen molar-refractivity contribution in [1.82, 2.24) is 9.88 Å². The number of ether oxygens (including phenoxy) is 1. The third kappa shape index (κ3) is 3.91. The van der Waals surface area contributed by atoms with Gasteiger partial charge >= 0.3 is 0 Å². The molecule has 4 aliphatic heterocycles. The van der Waals surface area contributed by atoms with Crippen LogP contribution in [0.15, 0.2) is 48.7 Å². The van der Waals surface area contributed by atoms with E-state index in [0.717, 1.165) is 75.6 Å². The molecule has 3 fully saturated rings. The summed E-state index contributed by atoms with van der Waals surface area (Å²) in [5.41, 5.74) is 5.83.